The lowest BCUT2D eigenvalue weighted by Gasteiger charge is -2.05. The molecule has 0 fully saturated rings. The van der Waals surface area contributed by atoms with E-state index in [0.29, 0.717) is 18.5 Å². The molecular formula is C19H16ClNO4. The minimum atomic E-state index is -1.10. The van der Waals surface area contributed by atoms with Gasteiger partial charge < -0.3 is 15.2 Å². The zero-order chi connectivity index (χ0) is 18.1. The molecule has 2 rings (SSSR count). The molecule has 0 heterocycles. The lowest BCUT2D eigenvalue weighted by Crippen LogP contribution is -2.24. The van der Waals surface area contributed by atoms with Crippen molar-refractivity contribution in [1.82, 2.24) is 5.32 Å². The van der Waals surface area contributed by atoms with Crippen LogP contribution in [0.15, 0.2) is 48.5 Å². The van der Waals surface area contributed by atoms with Crippen molar-refractivity contribution in [3.63, 3.8) is 0 Å². The molecule has 0 aromatic heterocycles. The summed E-state index contributed by atoms with van der Waals surface area (Å²) in [5.41, 5.74) is 1.47. The van der Waals surface area contributed by atoms with Crippen molar-refractivity contribution < 1.29 is 19.4 Å². The Morgan fingerprint density at radius 3 is 2.64 bits per heavy atom. The molecule has 2 aromatic carbocycles. The summed E-state index contributed by atoms with van der Waals surface area (Å²) in [6.45, 7) is 0.543. The zero-order valence-corrected chi connectivity index (χ0v) is 14.0. The summed E-state index contributed by atoms with van der Waals surface area (Å²) < 4.78 is 5.07. The van der Waals surface area contributed by atoms with Crippen molar-refractivity contribution in [3.05, 3.63) is 70.2 Å². The maximum Gasteiger partial charge on any atom is 0.407 e. The van der Waals surface area contributed by atoms with E-state index in [1.165, 1.54) is 12.1 Å². The van der Waals surface area contributed by atoms with Crippen molar-refractivity contribution in [2.24, 2.45) is 0 Å². The number of amides is 1. The molecule has 0 aliphatic heterocycles. The summed E-state index contributed by atoms with van der Waals surface area (Å²) >= 11 is 5.79. The Labute approximate surface area is 150 Å². The number of carbonyl (C=O) groups excluding carboxylic acids is 1. The first-order chi connectivity index (χ1) is 12.1. The lowest BCUT2D eigenvalue weighted by atomic mass is 10.1. The number of halogens is 1. The second-order valence-electron chi connectivity index (χ2n) is 5.04. The Morgan fingerprint density at radius 1 is 1.16 bits per heavy atom. The lowest BCUT2D eigenvalue weighted by molar-refractivity contribution is 0.0697. The number of nitrogens with one attached hydrogen (secondary N) is 1. The molecule has 6 heteroatoms. The number of alkyl carbamates (subject to hydrolysis) is 1. The number of carboxylic acid groups (broad SMARTS) is 1. The number of carboxylic acids is 1. The van der Waals surface area contributed by atoms with Gasteiger partial charge in [-0.15, -0.1) is 0 Å². The van der Waals surface area contributed by atoms with E-state index in [0.717, 1.165) is 5.56 Å². The molecular weight excluding hydrogens is 342 g/mol. The SMILES string of the molecule is O=C(NCCC#Cc1ccc(Cl)c(C(=O)O)c1)OCc1ccccc1. The zero-order valence-electron chi connectivity index (χ0n) is 13.3. The fourth-order valence-corrected chi connectivity index (χ4v) is 2.13. The van der Waals surface area contributed by atoms with Gasteiger partial charge in [0, 0.05) is 18.5 Å². The van der Waals surface area contributed by atoms with Gasteiger partial charge in [-0.05, 0) is 23.8 Å². The maximum atomic E-state index is 11.5. The van der Waals surface area contributed by atoms with Gasteiger partial charge in [-0.2, -0.15) is 0 Å². The van der Waals surface area contributed by atoms with Crippen molar-refractivity contribution in [2.75, 3.05) is 6.54 Å². The fourth-order valence-electron chi connectivity index (χ4n) is 1.93. The molecule has 0 aliphatic rings. The van der Waals surface area contributed by atoms with Crippen molar-refractivity contribution in [1.29, 1.82) is 0 Å². The molecule has 25 heavy (non-hydrogen) atoms. The minimum absolute atomic E-state index is 0.0103. The molecule has 1 amide bonds. The third-order valence-corrected chi connectivity index (χ3v) is 3.49. The number of hydrogen-bond donors (Lipinski definition) is 2. The number of ether oxygens (including phenoxy) is 1. The number of aromatic carboxylic acids is 1. The second-order valence-corrected chi connectivity index (χ2v) is 5.45. The highest BCUT2D eigenvalue weighted by atomic mass is 35.5. The molecule has 128 valence electrons. The standard InChI is InChI=1S/C19H16ClNO4/c20-17-10-9-14(12-16(17)18(22)23)6-4-5-11-21-19(24)25-13-15-7-2-1-3-8-15/h1-3,7-10,12H,5,11,13H2,(H,21,24)(H,22,23). The van der Waals surface area contributed by atoms with Crippen molar-refractivity contribution in [3.8, 4) is 11.8 Å². The van der Waals surface area contributed by atoms with Crippen LogP contribution in [0.4, 0.5) is 4.79 Å². The number of rotatable bonds is 5. The van der Waals surface area contributed by atoms with Crippen LogP contribution in [0.1, 0.15) is 27.9 Å². The first-order valence-electron chi connectivity index (χ1n) is 7.52. The molecule has 0 bridgehead atoms. The summed E-state index contributed by atoms with van der Waals surface area (Å²) in [6, 6.07) is 13.9. The Morgan fingerprint density at radius 2 is 1.92 bits per heavy atom. The van der Waals surface area contributed by atoms with Crippen LogP contribution in [0.2, 0.25) is 5.02 Å². The third-order valence-electron chi connectivity index (χ3n) is 3.16. The van der Waals surface area contributed by atoms with Gasteiger partial charge >= 0.3 is 12.1 Å². The molecule has 0 saturated heterocycles. The van der Waals surface area contributed by atoms with E-state index >= 15 is 0 Å². The molecule has 0 unspecified atom stereocenters. The van der Waals surface area contributed by atoms with Gasteiger partial charge in [0.1, 0.15) is 6.61 Å². The van der Waals surface area contributed by atoms with Gasteiger partial charge in [0.25, 0.3) is 0 Å². The number of carbonyl (C=O) groups is 2. The normalized spacial score (nSPS) is 9.64. The van der Waals surface area contributed by atoms with Crippen LogP contribution >= 0.6 is 11.6 Å². The monoisotopic (exact) mass is 357 g/mol. The Hall–Kier alpha value is -2.97. The van der Waals surface area contributed by atoms with E-state index in [1.807, 2.05) is 30.3 Å². The topological polar surface area (TPSA) is 75.6 Å². The van der Waals surface area contributed by atoms with Crippen LogP contribution in [0.25, 0.3) is 0 Å². The summed E-state index contributed by atoms with van der Waals surface area (Å²) in [5.74, 6) is 4.59. The Balaban J connectivity index is 1.74. The van der Waals surface area contributed by atoms with Crippen LogP contribution < -0.4 is 5.32 Å². The van der Waals surface area contributed by atoms with Gasteiger partial charge in [-0.3, -0.25) is 0 Å². The van der Waals surface area contributed by atoms with Gasteiger partial charge in [0.05, 0.1) is 10.6 Å². The number of benzene rings is 2. The summed E-state index contributed by atoms with van der Waals surface area (Å²) in [7, 11) is 0. The largest absolute Gasteiger partial charge is 0.478 e. The van der Waals surface area contributed by atoms with Crippen LogP contribution in [-0.2, 0) is 11.3 Å². The quantitative estimate of drug-likeness (QED) is 0.632. The van der Waals surface area contributed by atoms with Crippen LogP contribution in [0, 0.1) is 11.8 Å². The second kappa shape index (κ2) is 9.36. The van der Waals surface area contributed by atoms with Gasteiger partial charge in [-0.25, -0.2) is 9.59 Å². The average molecular weight is 358 g/mol. The van der Waals surface area contributed by atoms with Crippen LogP contribution in [0.5, 0.6) is 0 Å². The molecule has 0 atom stereocenters. The molecule has 0 aliphatic carbocycles. The van der Waals surface area contributed by atoms with Gasteiger partial charge in [-0.1, -0.05) is 53.8 Å². The first-order valence-corrected chi connectivity index (χ1v) is 7.90. The van der Waals surface area contributed by atoms with E-state index in [9.17, 15) is 9.59 Å². The minimum Gasteiger partial charge on any atom is -0.478 e. The van der Waals surface area contributed by atoms with Crippen LogP contribution in [0.3, 0.4) is 0 Å². The van der Waals surface area contributed by atoms with Crippen molar-refractivity contribution >= 4 is 23.7 Å². The summed E-state index contributed by atoms with van der Waals surface area (Å²) in [4.78, 5) is 22.5. The van der Waals surface area contributed by atoms with Gasteiger partial charge in [0.2, 0.25) is 0 Å². The molecule has 2 aromatic rings. The first kappa shape index (κ1) is 18.4. The van der Waals surface area contributed by atoms with Crippen molar-refractivity contribution in [2.45, 2.75) is 13.0 Å². The molecule has 2 N–H and O–H groups in total. The Kier molecular flexibility index (Phi) is 6.87. The highest BCUT2D eigenvalue weighted by molar-refractivity contribution is 6.33. The summed E-state index contributed by atoms with van der Waals surface area (Å²) in [6.07, 6.45) is -0.101. The van der Waals surface area contributed by atoms with E-state index in [1.54, 1.807) is 6.07 Å². The third kappa shape index (κ3) is 6.21. The molecule has 0 spiro atoms. The van der Waals surface area contributed by atoms with E-state index < -0.39 is 12.1 Å². The number of hydrogen-bond acceptors (Lipinski definition) is 3. The smallest absolute Gasteiger partial charge is 0.407 e. The van der Waals surface area contributed by atoms with Crippen LogP contribution in [-0.4, -0.2) is 23.7 Å². The molecule has 5 nitrogen and oxygen atoms in total. The fraction of sp³-hybridized carbons (Fsp3) is 0.158. The molecule has 0 saturated carbocycles. The maximum absolute atomic E-state index is 11.5. The predicted molar refractivity (Wildman–Crippen MR) is 94.5 cm³/mol. The van der Waals surface area contributed by atoms with E-state index in [2.05, 4.69) is 17.2 Å². The molecule has 0 radical (unpaired) electrons. The Bertz CT molecular complexity index is 809. The average Bonchev–Trinajstić information content (AvgIpc) is 2.61. The highest BCUT2D eigenvalue weighted by Crippen LogP contribution is 2.17. The summed E-state index contributed by atoms with van der Waals surface area (Å²) in [5, 5.41) is 11.8. The predicted octanol–water partition coefficient (Wildman–Crippen LogP) is 3.71. The highest BCUT2D eigenvalue weighted by Gasteiger charge is 2.08. The van der Waals surface area contributed by atoms with E-state index in [4.69, 9.17) is 21.4 Å². The van der Waals surface area contributed by atoms with E-state index in [-0.39, 0.29) is 17.2 Å². The van der Waals surface area contributed by atoms with Gasteiger partial charge in [0.15, 0.2) is 0 Å².